The Bertz CT molecular complexity index is 741. The molecule has 1 heterocycles. The standard InChI is InChI=1S/C13H9Br3N2O3/c1-18-5-7(15)4-10(18)12(19)17-11-8(13(20)21)2-6(14)3-9(11)16/h2-5H,1H3,(H,17,19)(H,20,21). The Kier molecular flexibility index (Phi) is 4.90. The van der Waals surface area contributed by atoms with E-state index in [9.17, 15) is 14.7 Å². The first-order valence-electron chi connectivity index (χ1n) is 5.65. The van der Waals surface area contributed by atoms with E-state index in [2.05, 4.69) is 53.1 Å². The number of aromatic nitrogens is 1. The van der Waals surface area contributed by atoms with Crippen LogP contribution in [0.4, 0.5) is 5.69 Å². The first-order chi connectivity index (χ1) is 9.79. The van der Waals surface area contributed by atoms with Gasteiger partial charge in [-0.2, -0.15) is 0 Å². The molecule has 0 aliphatic heterocycles. The average molecular weight is 481 g/mol. The summed E-state index contributed by atoms with van der Waals surface area (Å²) < 4.78 is 3.50. The largest absolute Gasteiger partial charge is 0.478 e. The molecule has 1 aromatic carbocycles. The van der Waals surface area contributed by atoms with Crippen LogP contribution in [0.15, 0.2) is 37.8 Å². The van der Waals surface area contributed by atoms with E-state index in [1.165, 1.54) is 6.07 Å². The molecular formula is C13H9Br3N2O3. The molecule has 5 nitrogen and oxygen atoms in total. The Morgan fingerprint density at radius 2 is 1.81 bits per heavy atom. The normalized spacial score (nSPS) is 10.5. The van der Waals surface area contributed by atoms with Crippen LogP contribution in [-0.2, 0) is 7.05 Å². The highest BCUT2D eigenvalue weighted by atomic mass is 79.9. The fourth-order valence-electron chi connectivity index (χ4n) is 1.80. The van der Waals surface area contributed by atoms with Crippen molar-refractivity contribution in [3.8, 4) is 0 Å². The van der Waals surface area contributed by atoms with Crippen molar-refractivity contribution in [3.05, 3.63) is 49.1 Å². The van der Waals surface area contributed by atoms with Crippen LogP contribution in [0.3, 0.4) is 0 Å². The van der Waals surface area contributed by atoms with E-state index in [4.69, 9.17) is 0 Å². The summed E-state index contributed by atoms with van der Waals surface area (Å²) in [7, 11) is 1.73. The summed E-state index contributed by atoms with van der Waals surface area (Å²) in [6.45, 7) is 0. The molecule has 8 heteroatoms. The van der Waals surface area contributed by atoms with Crippen LogP contribution in [-0.4, -0.2) is 21.6 Å². The predicted molar refractivity (Wildman–Crippen MR) is 89.9 cm³/mol. The van der Waals surface area contributed by atoms with Crippen LogP contribution >= 0.6 is 47.8 Å². The number of amides is 1. The fraction of sp³-hybridized carbons (Fsp3) is 0.0769. The topological polar surface area (TPSA) is 71.3 Å². The minimum atomic E-state index is -1.12. The molecule has 0 saturated carbocycles. The Balaban J connectivity index is 2.42. The van der Waals surface area contributed by atoms with Crippen molar-refractivity contribution < 1.29 is 14.7 Å². The molecule has 0 aliphatic rings. The molecule has 2 aromatic rings. The van der Waals surface area contributed by atoms with Crippen molar-refractivity contribution in [1.82, 2.24) is 4.57 Å². The third-order valence-electron chi connectivity index (χ3n) is 2.73. The third-order valence-corrected chi connectivity index (χ3v) is 4.25. The maximum absolute atomic E-state index is 12.3. The highest BCUT2D eigenvalue weighted by Gasteiger charge is 2.19. The lowest BCUT2D eigenvalue weighted by molar-refractivity contribution is 0.0698. The minimum absolute atomic E-state index is 0.00197. The van der Waals surface area contributed by atoms with Crippen LogP contribution in [0.25, 0.3) is 0 Å². The highest BCUT2D eigenvalue weighted by Crippen LogP contribution is 2.31. The second-order valence-corrected chi connectivity index (χ2v) is 6.91. The number of nitrogens with zero attached hydrogens (tertiary/aromatic N) is 1. The van der Waals surface area contributed by atoms with E-state index >= 15 is 0 Å². The molecule has 0 radical (unpaired) electrons. The summed E-state index contributed by atoms with van der Waals surface area (Å²) in [5, 5.41) is 11.9. The van der Waals surface area contributed by atoms with Crippen molar-refractivity contribution in [2.75, 3.05) is 5.32 Å². The number of hydrogen-bond acceptors (Lipinski definition) is 2. The van der Waals surface area contributed by atoms with E-state index < -0.39 is 11.9 Å². The van der Waals surface area contributed by atoms with E-state index in [-0.39, 0.29) is 11.3 Å². The number of anilines is 1. The summed E-state index contributed by atoms with van der Waals surface area (Å²) >= 11 is 9.78. The lowest BCUT2D eigenvalue weighted by Crippen LogP contribution is -2.18. The predicted octanol–water partition coefficient (Wildman–Crippen LogP) is 4.26. The van der Waals surface area contributed by atoms with Gasteiger partial charge in [0.1, 0.15) is 5.69 Å². The number of carboxylic acids is 1. The smallest absolute Gasteiger partial charge is 0.337 e. The number of rotatable bonds is 3. The molecule has 2 N–H and O–H groups in total. The second kappa shape index (κ2) is 6.33. The number of aryl methyl sites for hydroxylation is 1. The van der Waals surface area contributed by atoms with Gasteiger partial charge in [-0.15, -0.1) is 0 Å². The molecule has 0 aliphatic carbocycles. The molecule has 0 bridgehead atoms. The number of halogens is 3. The number of carbonyl (C=O) groups is 2. The summed E-state index contributed by atoms with van der Waals surface area (Å²) in [6.07, 6.45) is 1.74. The quantitative estimate of drug-likeness (QED) is 0.689. The molecule has 110 valence electrons. The summed E-state index contributed by atoms with van der Waals surface area (Å²) in [5.74, 6) is -1.52. The van der Waals surface area contributed by atoms with Gasteiger partial charge in [0.25, 0.3) is 5.91 Å². The molecule has 0 spiro atoms. The zero-order chi connectivity index (χ0) is 15.7. The minimum Gasteiger partial charge on any atom is -0.478 e. The van der Waals surface area contributed by atoms with Gasteiger partial charge in [0.15, 0.2) is 0 Å². The average Bonchev–Trinajstić information content (AvgIpc) is 2.71. The first-order valence-corrected chi connectivity index (χ1v) is 8.03. The van der Waals surface area contributed by atoms with Gasteiger partial charge in [-0.1, -0.05) is 15.9 Å². The van der Waals surface area contributed by atoms with E-state index in [1.807, 2.05) is 0 Å². The molecule has 1 amide bonds. The monoisotopic (exact) mass is 478 g/mol. The molecule has 0 atom stereocenters. The van der Waals surface area contributed by atoms with E-state index in [0.29, 0.717) is 14.6 Å². The van der Waals surface area contributed by atoms with Gasteiger partial charge < -0.3 is 15.0 Å². The van der Waals surface area contributed by atoms with E-state index in [1.54, 1.807) is 29.9 Å². The maximum Gasteiger partial charge on any atom is 0.337 e. The number of hydrogen-bond donors (Lipinski definition) is 2. The second-order valence-electron chi connectivity index (χ2n) is 4.22. The Morgan fingerprint density at radius 1 is 1.14 bits per heavy atom. The highest BCUT2D eigenvalue weighted by molar-refractivity contribution is 9.11. The Morgan fingerprint density at radius 3 is 2.33 bits per heavy atom. The van der Waals surface area contributed by atoms with Gasteiger partial charge in [-0.25, -0.2) is 4.79 Å². The zero-order valence-electron chi connectivity index (χ0n) is 10.7. The van der Waals surface area contributed by atoms with Gasteiger partial charge in [-0.05, 0) is 50.1 Å². The van der Waals surface area contributed by atoms with Crippen molar-refractivity contribution in [1.29, 1.82) is 0 Å². The molecule has 2 rings (SSSR count). The van der Waals surface area contributed by atoms with Crippen molar-refractivity contribution in [2.24, 2.45) is 7.05 Å². The van der Waals surface area contributed by atoms with Crippen molar-refractivity contribution in [2.45, 2.75) is 0 Å². The number of aromatic carboxylic acids is 1. The van der Waals surface area contributed by atoms with Gasteiger partial charge in [0, 0.05) is 26.7 Å². The number of carboxylic acid groups (broad SMARTS) is 1. The first kappa shape index (κ1) is 16.3. The zero-order valence-corrected chi connectivity index (χ0v) is 15.4. The molecule has 0 unspecified atom stereocenters. The number of benzene rings is 1. The molecular weight excluding hydrogens is 472 g/mol. The van der Waals surface area contributed by atoms with Gasteiger partial charge in [0.05, 0.1) is 11.3 Å². The molecule has 1 aromatic heterocycles. The van der Waals surface area contributed by atoms with Crippen LogP contribution in [0.2, 0.25) is 0 Å². The van der Waals surface area contributed by atoms with Crippen molar-refractivity contribution >= 4 is 65.4 Å². The van der Waals surface area contributed by atoms with E-state index in [0.717, 1.165) is 4.47 Å². The Hall–Kier alpha value is -1.12. The van der Waals surface area contributed by atoms with Crippen molar-refractivity contribution in [3.63, 3.8) is 0 Å². The molecule has 21 heavy (non-hydrogen) atoms. The maximum atomic E-state index is 12.3. The number of nitrogens with one attached hydrogen (secondary N) is 1. The lowest BCUT2D eigenvalue weighted by Gasteiger charge is -2.11. The Labute approximate surface area is 145 Å². The summed E-state index contributed by atoms with van der Waals surface area (Å²) in [5.41, 5.74) is 0.624. The fourth-order valence-corrected chi connectivity index (χ4v) is 3.65. The lowest BCUT2D eigenvalue weighted by atomic mass is 10.1. The van der Waals surface area contributed by atoms with Crippen LogP contribution in [0.5, 0.6) is 0 Å². The number of carbonyl (C=O) groups excluding carboxylic acids is 1. The van der Waals surface area contributed by atoms with Gasteiger partial charge >= 0.3 is 5.97 Å². The summed E-state index contributed by atoms with van der Waals surface area (Å²) in [4.78, 5) is 23.6. The molecule has 0 saturated heterocycles. The third kappa shape index (κ3) is 3.56. The van der Waals surface area contributed by atoms with Gasteiger partial charge in [0.2, 0.25) is 0 Å². The SMILES string of the molecule is Cn1cc(Br)cc1C(=O)Nc1c(Br)cc(Br)cc1C(=O)O. The van der Waals surface area contributed by atoms with Gasteiger partial charge in [-0.3, -0.25) is 4.79 Å². The van der Waals surface area contributed by atoms with Crippen LogP contribution < -0.4 is 5.32 Å². The molecule has 0 fully saturated rings. The van der Waals surface area contributed by atoms with Crippen LogP contribution in [0, 0.1) is 0 Å². The van der Waals surface area contributed by atoms with Crippen LogP contribution in [0.1, 0.15) is 20.8 Å². The summed E-state index contributed by atoms with van der Waals surface area (Å²) in [6, 6.07) is 4.76.